The normalized spacial score (nSPS) is 11.8. The summed E-state index contributed by atoms with van der Waals surface area (Å²) in [5.41, 5.74) is 1.92. The van der Waals surface area contributed by atoms with Gasteiger partial charge in [-0.05, 0) is 61.9 Å². The van der Waals surface area contributed by atoms with Gasteiger partial charge in [0.05, 0.1) is 20.5 Å². The molecule has 0 spiro atoms. The first-order valence-electron chi connectivity index (χ1n) is 9.18. The van der Waals surface area contributed by atoms with Gasteiger partial charge in [-0.2, -0.15) is 0 Å². The van der Waals surface area contributed by atoms with Gasteiger partial charge in [0.2, 0.25) is 14.9 Å². The molecule has 0 heterocycles. The van der Waals surface area contributed by atoms with E-state index in [4.69, 9.17) is 39.6 Å². The van der Waals surface area contributed by atoms with Gasteiger partial charge in [-0.1, -0.05) is 63.7 Å². The van der Waals surface area contributed by atoms with Gasteiger partial charge in [0.15, 0.2) is 0 Å². The maximum Gasteiger partial charge on any atom is 0.437 e. The maximum atomic E-state index is 13.3. The Morgan fingerprint density at radius 2 is 1.53 bits per heavy atom. The molecular formula is C22H17Cl3N2O4S. The summed E-state index contributed by atoms with van der Waals surface area (Å²) in [6.07, 6.45) is -1.01. The van der Waals surface area contributed by atoms with Crippen molar-refractivity contribution < 1.29 is 18.0 Å². The van der Waals surface area contributed by atoms with Crippen LogP contribution in [0.1, 0.15) is 16.7 Å². The third-order valence-corrected chi connectivity index (χ3v) is 7.11. The molecule has 3 aromatic rings. The van der Waals surface area contributed by atoms with Gasteiger partial charge in [0.1, 0.15) is 0 Å². The zero-order valence-electron chi connectivity index (χ0n) is 16.9. The molecule has 3 aromatic carbocycles. The highest BCUT2D eigenvalue weighted by atomic mass is 35.5. The van der Waals surface area contributed by atoms with E-state index in [9.17, 15) is 13.2 Å². The summed E-state index contributed by atoms with van der Waals surface area (Å²) in [5, 5.41) is 6.10. The van der Waals surface area contributed by atoms with Crippen LogP contribution in [-0.4, -0.2) is 19.6 Å². The van der Waals surface area contributed by atoms with Crippen LogP contribution >= 0.6 is 34.8 Å². The van der Waals surface area contributed by atoms with Crippen LogP contribution in [0.5, 0.6) is 0 Å². The Kier molecular flexibility index (Phi) is 7.46. The van der Waals surface area contributed by atoms with Gasteiger partial charge in [-0.15, -0.1) is 0 Å². The molecule has 0 saturated carbocycles. The van der Waals surface area contributed by atoms with Crippen molar-refractivity contribution in [3.8, 4) is 0 Å². The van der Waals surface area contributed by atoms with Crippen molar-refractivity contribution in [3.63, 3.8) is 0 Å². The molecule has 1 amide bonds. The van der Waals surface area contributed by atoms with Crippen molar-refractivity contribution >= 4 is 61.5 Å². The number of hydrogen-bond donors (Lipinski definition) is 1. The summed E-state index contributed by atoms with van der Waals surface area (Å²) in [5.74, 6) is 0. The number of anilines is 1. The fraction of sp³-hybridized carbons (Fsp3) is 0.0909. The second-order valence-corrected chi connectivity index (χ2v) is 9.86. The highest BCUT2D eigenvalue weighted by Crippen LogP contribution is 2.29. The number of carbonyl (C=O) groups is 1. The number of halogens is 3. The lowest BCUT2D eigenvalue weighted by molar-refractivity contribution is 0.167. The minimum Gasteiger partial charge on any atom is -0.296 e. The van der Waals surface area contributed by atoms with E-state index in [0.717, 1.165) is 11.1 Å². The lowest BCUT2D eigenvalue weighted by atomic mass is 10.2. The first kappa shape index (κ1) is 24.1. The summed E-state index contributed by atoms with van der Waals surface area (Å²) in [6, 6.07) is 15.4. The number of carbonyl (C=O) groups excluding carboxylic acids is 1. The van der Waals surface area contributed by atoms with Crippen LogP contribution in [0, 0.1) is 13.8 Å². The molecule has 0 aliphatic rings. The van der Waals surface area contributed by atoms with E-state index in [1.807, 2.05) is 6.92 Å². The van der Waals surface area contributed by atoms with Crippen LogP contribution in [0.15, 0.2) is 70.7 Å². The molecule has 1 N–H and O–H groups in total. The predicted molar refractivity (Wildman–Crippen MR) is 128 cm³/mol. The summed E-state index contributed by atoms with van der Waals surface area (Å²) in [7, 11) is -4.24. The molecule has 0 radical (unpaired) electrons. The monoisotopic (exact) mass is 510 g/mol. The van der Waals surface area contributed by atoms with Gasteiger partial charge >= 0.3 is 6.09 Å². The van der Waals surface area contributed by atoms with Crippen molar-refractivity contribution in [3.05, 3.63) is 92.4 Å². The molecule has 0 aliphatic carbocycles. The van der Waals surface area contributed by atoms with Crippen LogP contribution in [0.25, 0.3) is 0 Å². The fourth-order valence-corrected chi connectivity index (χ4v) is 4.85. The van der Waals surface area contributed by atoms with Gasteiger partial charge < -0.3 is 0 Å². The van der Waals surface area contributed by atoms with E-state index >= 15 is 0 Å². The Morgan fingerprint density at radius 3 is 2.12 bits per heavy atom. The first-order valence-corrected chi connectivity index (χ1v) is 11.8. The van der Waals surface area contributed by atoms with Crippen LogP contribution in [0.2, 0.25) is 15.1 Å². The van der Waals surface area contributed by atoms with E-state index in [1.54, 1.807) is 43.3 Å². The van der Waals surface area contributed by atoms with Crippen LogP contribution in [-0.2, 0) is 14.7 Å². The number of hydrogen-bond acceptors (Lipinski definition) is 5. The standard InChI is InChI=1S/C22H17Cl3N2O4S/c1-13-6-9-16(10-7-13)32(29,30)21(20-18(24)4-3-5-19(20)25)27-31-22(28)26-15-8-11-17(23)14(2)12-15/h3-12H,1-2H3,(H,26,28). The average Bonchev–Trinajstić information content (AvgIpc) is 2.73. The Labute approximate surface area is 200 Å². The Hall–Kier alpha value is -2.58. The molecule has 0 aromatic heterocycles. The van der Waals surface area contributed by atoms with Crippen LogP contribution in [0.3, 0.4) is 0 Å². The molecule has 32 heavy (non-hydrogen) atoms. The Morgan fingerprint density at radius 1 is 0.906 bits per heavy atom. The third kappa shape index (κ3) is 5.42. The number of sulfone groups is 1. The van der Waals surface area contributed by atoms with Crippen molar-refractivity contribution in [1.82, 2.24) is 0 Å². The number of rotatable bonds is 4. The largest absolute Gasteiger partial charge is 0.437 e. The molecule has 0 bridgehead atoms. The first-order chi connectivity index (χ1) is 15.1. The van der Waals surface area contributed by atoms with Crippen molar-refractivity contribution in [2.45, 2.75) is 18.7 Å². The molecular weight excluding hydrogens is 495 g/mol. The molecule has 0 aliphatic heterocycles. The minimum absolute atomic E-state index is 0.0317. The molecule has 0 saturated heterocycles. The van der Waals surface area contributed by atoms with Crippen molar-refractivity contribution in [1.29, 1.82) is 0 Å². The molecule has 0 atom stereocenters. The van der Waals surface area contributed by atoms with E-state index < -0.39 is 21.0 Å². The zero-order chi connectivity index (χ0) is 23.5. The number of nitrogens with one attached hydrogen (secondary N) is 1. The third-order valence-electron chi connectivity index (χ3n) is 4.38. The van der Waals surface area contributed by atoms with Gasteiger partial charge in [0, 0.05) is 10.7 Å². The number of amides is 1. The summed E-state index contributed by atoms with van der Waals surface area (Å²) in [4.78, 5) is 17.1. The number of nitrogens with zero attached hydrogens (tertiary/aromatic N) is 1. The molecule has 0 unspecified atom stereocenters. The quantitative estimate of drug-likeness (QED) is 0.184. The minimum atomic E-state index is -4.24. The summed E-state index contributed by atoms with van der Waals surface area (Å²) in [6.45, 7) is 3.59. The lowest BCUT2D eigenvalue weighted by Gasteiger charge is -2.12. The molecule has 0 fully saturated rings. The number of aryl methyl sites for hydroxylation is 2. The molecule has 6 nitrogen and oxygen atoms in total. The molecule has 166 valence electrons. The summed E-state index contributed by atoms with van der Waals surface area (Å²) >= 11 is 18.4. The summed E-state index contributed by atoms with van der Waals surface area (Å²) < 4.78 is 26.7. The van der Waals surface area contributed by atoms with Crippen molar-refractivity contribution in [2.24, 2.45) is 5.16 Å². The van der Waals surface area contributed by atoms with Gasteiger partial charge in [-0.25, -0.2) is 13.2 Å². The van der Waals surface area contributed by atoms with E-state index in [2.05, 4.69) is 10.5 Å². The second kappa shape index (κ2) is 9.92. The highest BCUT2D eigenvalue weighted by Gasteiger charge is 2.29. The SMILES string of the molecule is Cc1ccc(S(=O)(=O)C(=NOC(=O)Nc2ccc(Cl)c(C)c2)c2c(Cl)cccc2Cl)cc1. The van der Waals surface area contributed by atoms with E-state index in [0.29, 0.717) is 10.7 Å². The fourth-order valence-electron chi connectivity index (χ4n) is 2.71. The highest BCUT2D eigenvalue weighted by molar-refractivity contribution is 8.07. The topological polar surface area (TPSA) is 84.8 Å². The van der Waals surface area contributed by atoms with Crippen molar-refractivity contribution in [2.75, 3.05) is 5.32 Å². The zero-order valence-corrected chi connectivity index (χ0v) is 20.0. The average molecular weight is 512 g/mol. The lowest BCUT2D eigenvalue weighted by Crippen LogP contribution is -2.20. The maximum absolute atomic E-state index is 13.3. The van der Waals surface area contributed by atoms with E-state index in [1.165, 1.54) is 24.3 Å². The Bertz CT molecular complexity index is 1290. The van der Waals surface area contributed by atoms with Crippen LogP contribution < -0.4 is 5.32 Å². The predicted octanol–water partition coefficient (Wildman–Crippen LogP) is 6.65. The van der Waals surface area contributed by atoms with E-state index in [-0.39, 0.29) is 20.5 Å². The Balaban J connectivity index is 2.00. The number of oxime groups is 1. The molecule has 3 rings (SSSR count). The smallest absolute Gasteiger partial charge is 0.296 e. The molecule has 10 heteroatoms. The second-order valence-electron chi connectivity index (χ2n) is 6.78. The van der Waals surface area contributed by atoms with Gasteiger partial charge in [-0.3, -0.25) is 10.2 Å². The van der Waals surface area contributed by atoms with Gasteiger partial charge in [0.25, 0.3) is 0 Å². The number of benzene rings is 3. The van der Waals surface area contributed by atoms with Crippen LogP contribution in [0.4, 0.5) is 10.5 Å².